The average molecular weight is 299 g/mol. The Hall–Kier alpha value is -3.20. The van der Waals surface area contributed by atoms with Gasteiger partial charge < -0.3 is 4.74 Å². The Morgan fingerprint density at radius 3 is 1.87 bits per heavy atom. The second kappa shape index (κ2) is 5.54. The van der Waals surface area contributed by atoms with Crippen LogP contribution in [-0.4, -0.2) is 11.3 Å². The van der Waals surface area contributed by atoms with Crippen LogP contribution in [0.15, 0.2) is 72.8 Å². The maximum absolute atomic E-state index is 10.8. The number of rotatable bonds is 3. The van der Waals surface area contributed by atoms with E-state index in [0.717, 1.165) is 33.8 Å². The lowest BCUT2D eigenvalue weighted by Crippen LogP contribution is -1.91. The number of aldehydes is 1. The maximum Gasteiger partial charge on any atom is 0.150 e. The predicted octanol–water partition coefficient (Wildman–Crippen LogP) is 4.99. The fraction of sp³-hybridized carbons (Fsp3) is 0. The third-order valence-corrected chi connectivity index (χ3v) is 3.77. The molecule has 4 rings (SSSR count). The Labute approximate surface area is 133 Å². The minimum atomic E-state index is 0.627. The van der Waals surface area contributed by atoms with Gasteiger partial charge in [-0.05, 0) is 48.5 Å². The molecule has 0 aliphatic rings. The molecule has 110 valence electrons. The molecule has 23 heavy (non-hydrogen) atoms. The molecule has 0 saturated heterocycles. The Bertz CT molecular complexity index is 953. The molecular formula is C20H13NO2. The summed E-state index contributed by atoms with van der Waals surface area (Å²) in [6, 6.07) is 22.9. The van der Waals surface area contributed by atoms with Crippen molar-refractivity contribution in [1.29, 1.82) is 0 Å². The number of carbonyl (C=O) groups excluding carboxylic acids is 1. The van der Waals surface area contributed by atoms with Gasteiger partial charge in [0, 0.05) is 16.3 Å². The van der Waals surface area contributed by atoms with E-state index >= 15 is 0 Å². The average Bonchev–Trinajstić information content (AvgIpc) is 2.62. The molecule has 3 nitrogen and oxygen atoms in total. The summed E-state index contributed by atoms with van der Waals surface area (Å²) in [5, 5.41) is 1.93. The number of fused-ring (bicyclic) bond motifs is 2. The van der Waals surface area contributed by atoms with E-state index in [0.29, 0.717) is 11.3 Å². The summed E-state index contributed by atoms with van der Waals surface area (Å²) in [6.45, 7) is 0. The number of hydrogen-bond acceptors (Lipinski definition) is 3. The number of para-hydroxylation sites is 2. The summed E-state index contributed by atoms with van der Waals surface area (Å²) in [6.07, 6.45) is 0.820. The standard InChI is InChI=1S/C20H13NO2/c22-13-14-9-11-15(12-10-14)23-20-16-5-1-3-7-18(16)21-19-8-4-2-6-17(19)20/h1-13H. The van der Waals surface area contributed by atoms with E-state index in [1.54, 1.807) is 24.3 Å². The van der Waals surface area contributed by atoms with Crippen molar-refractivity contribution in [3.8, 4) is 11.5 Å². The van der Waals surface area contributed by atoms with Crippen molar-refractivity contribution in [2.24, 2.45) is 0 Å². The highest BCUT2D eigenvalue weighted by Crippen LogP contribution is 2.35. The molecule has 3 aromatic carbocycles. The molecular weight excluding hydrogens is 286 g/mol. The zero-order chi connectivity index (χ0) is 15.6. The van der Waals surface area contributed by atoms with Crippen LogP contribution in [0.4, 0.5) is 0 Å². The molecule has 0 aliphatic carbocycles. The van der Waals surface area contributed by atoms with Crippen molar-refractivity contribution in [3.63, 3.8) is 0 Å². The molecule has 1 heterocycles. The summed E-state index contributed by atoms with van der Waals surface area (Å²) in [7, 11) is 0. The summed E-state index contributed by atoms with van der Waals surface area (Å²) < 4.78 is 6.15. The first kappa shape index (κ1) is 13.5. The second-order valence-corrected chi connectivity index (χ2v) is 5.26. The molecule has 0 atom stereocenters. The lowest BCUT2D eigenvalue weighted by Gasteiger charge is -2.12. The zero-order valence-corrected chi connectivity index (χ0v) is 12.3. The molecule has 1 aromatic heterocycles. The number of nitrogens with zero attached hydrogens (tertiary/aromatic N) is 1. The number of hydrogen-bond donors (Lipinski definition) is 0. The second-order valence-electron chi connectivity index (χ2n) is 5.26. The fourth-order valence-corrected chi connectivity index (χ4v) is 2.64. The minimum absolute atomic E-state index is 0.627. The highest BCUT2D eigenvalue weighted by molar-refractivity contribution is 6.01. The van der Waals surface area contributed by atoms with Crippen LogP contribution in [0.3, 0.4) is 0 Å². The number of pyridine rings is 1. The monoisotopic (exact) mass is 299 g/mol. The SMILES string of the molecule is O=Cc1ccc(Oc2c3ccccc3nc3ccccc23)cc1. The van der Waals surface area contributed by atoms with Crippen molar-refractivity contribution >= 4 is 28.1 Å². The van der Waals surface area contributed by atoms with E-state index in [1.165, 1.54) is 0 Å². The molecule has 0 radical (unpaired) electrons. The lowest BCUT2D eigenvalue weighted by molar-refractivity contribution is 0.112. The van der Waals surface area contributed by atoms with Gasteiger partial charge in [0.1, 0.15) is 17.8 Å². The molecule has 0 spiro atoms. The van der Waals surface area contributed by atoms with Crippen LogP contribution in [0.5, 0.6) is 11.5 Å². The molecule has 0 aliphatic heterocycles. The van der Waals surface area contributed by atoms with Crippen LogP contribution in [0.2, 0.25) is 0 Å². The van der Waals surface area contributed by atoms with Gasteiger partial charge in [0.05, 0.1) is 11.0 Å². The lowest BCUT2D eigenvalue weighted by atomic mass is 10.1. The first-order valence-corrected chi connectivity index (χ1v) is 7.36. The third kappa shape index (κ3) is 2.42. The molecule has 0 unspecified atom stereocenters. The van der Waals surface area contributed by atoms with E-state index in [-0.39, 0.29) is 0 Å². The largest absolute Gasteiger partial charge is 0.456 e. The highest BCUT2D eigenvalue weighted by atomic mass is 16.5. The van der Waals surface area contributed by atoms with Crippen molar-refractivity contribution < 1.29 is 9.53 Å². The van der Waals surface area contributed by atoms with Gasteiger partial charge >= 0.3 is 0 Å². The van der Waals surface area contributed by atoms with Gasteiger partial charge in [-0.2, -0.15) is 0 Å². The van der Waals surface area contributed by atoms with Crippen LogP contribution in [0, 0.1) is 0 Å². The maximum atomic E-state index is 10.8. The molecule has 0 N–H and O–H groups in total. The smallest absolute Gasteiger partial charge is 0.150 e. The van der Waals surface area contributed by atoms with Gasteiger partial charge in [-0.1, -0.05) is 24.3 Å². The molecule has 0 bridgehead atoms. The van der Waals surface area contributed by atoms with E-state index in [1.807, 2.05) is 48.5 Å². The van der Waals surface area contributed by atoms with Gasteiger partial charge in [0.25, 0.3) is 0 Å². The van der Waals surface area contributed by atoms with Crippen LogP contribution in [0.25, 0.3) is 21.8 Å². The normalized spacial score (nSPS) is 10.8. The first-order chi connectivity index (χ1) is 11.3. The topological polar surface area (TPSA) is 39.2 Å². The van der Waals surface area contributed by atoms with Crippen molar-refractivity contribution in [2.75, 3.05) is 0 Å². The van der Waals surface area contributed by atoms with Gasteiger partial charge in [0.15, 0.2) is 0 Å². The Morgan fingerprint density at radius 2 is 1.30 bits per heavy atom. The first-order valence-electron chi connectivity index (χ1n) is 7.36. The molecule has 0 fully saturated rings. The van der Waals surface area contributed by atoms with Gasteiger partial charge in [0.2, 0.25) is 0 Å². The van der Waals surface area contributed by atoms with Crippen LogP contribution < -0.4 is 4.74 Å². The summed E-state index contributed by atoms with van der Waals surface area (Å²) in [4.78, 5) is 15.5. The molecule has 4 aromatic rings. The minimum Gasteiger partial charge on any atom is -0.456 e. The van der Waals surface area contributed by atoms with Crippen molar-refractivity contribution in [2.45, 2.75) is 0 Å². The predicted molar refractivity (Wildman–Crippen MR) is 91.2 cm³/mol. The number of ether oxygens (including phenoxy) is 1. The van der Waals surface area contributed by atoms with Gasteiger partial charge in [-0.3, -0.25) is 4.79 Å². The Morgan fingerprint density at radius 1 is 0.739 bits per heavy atom. The molecule has 3 heteroatoms. The number of benzene rings is 3. The van der Waals surface area contributed by atoms with Gasteiger partial charge in [-0.15, -0.1) is 0 Å². The highest BCUT2D eigenvalue weighted by Gasteiger charge is 2.10. The van der Waals surface area contributed by atoms with E-state index in [2.05, 4.69) is 4.98 Å². The Balaban J connectivity index is 1.92. The van der Waals surface area contributed by atoms with Crippen molar-refractivity contribution in [1.82, 2.24) is 4.98 Å². The molecule has 0 amide bonds. The molecule has 0 saturated carbocycles. The van der Waals surface area contributed by atoms with Crippen molar-refractivity contribution in [3.05, 3.63) is 78.4 Å². The van der Waals surface area contributed by atoms with Crippen LogP contribution in [0.1, 0.15) is 10.4 Å². The van der Waals surface area contributed by atoms with Crippen LogP contribution in [-0.2, 0) is 0 Å². The van der Waals surface area contributed by atoms with Crippen LogP contribution >= 0.6 is 0 Å². The number of aromatic nitrogens is 1. The summed E-state index contributed by atoms with van der Waals surface area (Å²) in [5.41, 5.74) is 2.42. The van der Waals surface area contributed by atoms with E-state index < -0.39 is 0 Å². The summed E-state index contributed by atoms with van der Waals surface area (Å²) in [5.74, 6) is 1.47. The van der Waals surface area contributed by atoms with Gasteiger partial charge in [-0.25, -0.2) is 4.98 Å². The van der Waals surface area contributed by atoms with E-state index in [4.69, 9.17) is 4.74 Å². The number of carbonyl (C=O) groups is 1. The quantitative estimate of drug-likeness (QED) is 0.395. The third-order valence-electron chi connectivity index (χ3n) is 3.77. The summed E-state index contributed by atoms with van der Waals surface area (Å²) >= 11 is 0. The fourth-order valence-electron chi connectivity index (χ4n) is 2.64. The zero-order valence-electron chi connectivity index (χ0n) is 12.3. The Kier molecular flexibility index (Phi) is 3.24. The van der Waals surface area contributed by atoms with E-state index in [9.17, 15) is 4.79 Å².